The van der Waals surface area contributed by atoms with Crippen molar-refractivity contribution < 1.29 is 0 Å². The Labute approximate surface area is 122 Å². The number of thiophene rings is 1. The molecule has 0 radical (unpaired) electrons. The molecule has 2 rings (SSSR count). The summed E-state index contributed by atoms with van der Waals surface area (Å²) in [4.78, 5) is 2.69. The second kappa shape index (κ2) is 7.41. The fourth-order valence-corrected chi connectivity index (χ4v) is 3.66. The van der Waals surface area contributed by atoms with E-state index in [4.69, 9.17) is 0 Å². The molecule has 19 heavy (non-hydrogen) atoms. The van der Waals surface area contributed by atoms with E-state index >= 15 is 0 Å². The second-order valence-electron chi connectivity index (χ2n) is 6.29. The number of hydrogen-bond donors (Lipinski definition) is 1. The smallest absolute Gasteiger partial charge is 0.0197 e. The molecule has 108 valence electrons. The second-order valence-corrected chi connectivity index (χ2v) is 7.07. The van der Waals surface area contributed by atoms with Crippen molar-refractivity contribution in [3.8, 4) is 0 Å². The summed E-state index contributed by atoms with van der Waals surface area (Å²) in [7, 11) is 0. The topological polar surface area (TPSA) is 15.3 Å². The molecule has 0 aliphatic carbocycles. The molecule has 1 saturated heterocycles. The summed E-state index contributed by atoms with van der Waals surface area (Å²) in [5.41, 5.74) is 1.50. The minimum absolute atomic E-state index is 0.674. The predicted octanol–water partition coefficient (Wildman–Crippen LogP) is 3.39. The predicted molar refractivity (Wildman–Crippen MR) is 84.9 cm³/mol. The molecule has 2 unspecified atom stereocenters. The highest BCUT2D eigenvalue weighted by Crippen LogP contribution is 2.15. The standard InChI is InChI=1S/C16H28N2S/c1-13(2)10-16-11-18(14(3)4-7-17-16)8-5-15-6-9-19-12-15/h6,9,12-14,16-17H,4-5,7-8,10-11H2,1-3H3. The first-order valence-electron chi connectivity index (χ1n) is 7.63. The van der Waals surface area contributed by atoms with Crippen LogP contribution in [0, 0.1) is 5.92 Å². The minimum atomic E-state index is 0.674. The largest absolute Gasteiger partial charge is 0.313 e. The fraction of sp³-hybridized carbons (Fsp3) is 0.750. The van der Waals surface area contributed by atoms with Gasteiger partial charge in [0.1, 0.15) is 0 Å². The highest BCUT2D eigenvalue weighted by atomic mass is 32.1. The summed E-state index contributed by atoms with van der Waals surface area (Å²) in [6.07, 6.45) is 3.77. The lowest BCUT2D eigenvalue weighted by Gasteiger charge is -2.29. The molecule has 1 fully saturated rings. The molecule has 0 bridgehead atoms. The summed E-state index contributed by atoms with van der Waals surface area (Å²) in [5, 5.41) is 8.20. The van der Waals surface area contributed by atoms with E-state index in [0.717, 1.165) is 5.92 Å². The zero-order valence-electron chi connectivity index (χ0n) is 12.6. The van der Waals surface area contributed by atoms with E-state index < -0.39 is 0 Å². The van der Waals surface area contributed by atoms with Gasteiger partial charge in [-0.15, -0.1) is 0 Å². The summed E-state index contributed by atoms with van der Waals surface area (Å²) in [5.74, 6) is 0.782. The zero-order valence-corrected chi connectivity index (χ0v) is 13.4. The quantitative estimate of drug-likeness (QED) is 0.889. The Morgan fingerprint density at radius 3 is 3.00 bits per heavy atom. The molecule has 2 nitrogen and oxygen atoms in total. The van der Waals surface area contributed by atoms with Crippen molar-refractivity contribution in [3.05, 3.63) is 22.4 Å². The fourth-order valence-electron chi connectivity index (χ4n) is 2.95. The highest BCUT2D eigenvalue weighted by molar-refractivity contribution is 7.07. The Morgan fingerprint density at radius 2 is 2.32 bits per heavy atom. The van der Waals surface area contributed by atoms with Crippen molar-refractivity contribution in [1.82, 2.24) is 10.2 Å². The van der Waals surface area contributed by atoms with Crippen LogP contribution in [0.3, 0.4) is 0 Å². The molecule has 1 aromatic heterocycles. The van der Waals surface area contributed by atoms with Crippen molar-refractivity contribution in [2.24, 2.45) is 5.92 Å². The van der Waals surface area contributed by atoms with Crippen molar-refractivity contribution >= 4 is 11.3 Å². The van der Waals surface area contributed by atoms with E-state index in [1.54, 1.807) is 0 Å². The molecule has 0 aromatic carbocycles. The Kier molecular flexibility index (Phi) is 5.86. The summed E-state index contributed by atoms with van der Waals surface area (Å²) in [6, 6.07) is 3.65. The van der Waals surface area contributed by atoms with Crippen molar-refractivity contribution in [2.45, 2.75) is 52.1 Å². The number of rotatable bonds is 5. The molecular weight excluding hydrogens is 252 g/mol. The molecule has 3 heteroatoms. The first-order chi connectivity index (χ1) is 9.15. The number of nitrogens with one attached hydrogen (secondary N) is 1. The maximum atomic E-state index is 3.73. The van der Waals surface area contributed by atoms with Crippen LogP contribution in [-0.2, 0) is 6.42 Å². The van der Waals surface area contributed by atoms with Gasteiger partial charge in [0.15, 0.2) is 0 Å². The van der Waals surface area contributed by atoms with Crippen LogP contribution < -0.4 is 5.32 Å². The number of nitrogens with zero attached hydrogens (tertiary/aromatic N) is 1. The van der Waals surface area contributed by atoms with Gasteiger partial charge in [-0.05, 0) is 61.0 Å². The summed E-state index contributed by atoms with van der Waals surface area (Å²) < 4.78 is 0. The normalized spacial score (nSPS) is 25.7. The molecule has 1 N–H and O–H groups in total. The number of hydrogen-bond acceptors (Lipinski definition) is 3. The van der Waals surface area contributed by atoms with Gasteiger partial charge in [0.2, 0.25) is 0 Å². The van der Waals surface area contributed by atoms with Gasteiger partial charge in [0.05, 0.1) is 0 Å². The van der Waals surface area contributed by atoms with E-state index in [-0.39, 0.29) is 0 Å². The van der Waals surface area contributed by atoms with Gasteiger partial charge in [0.25, 0.3) is 0 Å². The van der Waals surface area contributed by atoms with E-state index in [1.807, 2.05) is 11.3 Å². The molecule has 0 amide bonds. The zero-order chi connectivity index (χ0) is 13.7. The van der Waals surface area contributed by atoms with Gasteiger partial charge in [-0.1, -0.05) is 13.8 Å². The Balaban J connectivity index is 1.87. The van der Waals surface area contributed by atoms with Crippen LogP contribution in [0.2, 0.25) is 0 Å². The van der Waals surface area contributed by atoms with Gasteiger partial charge in [-0.3, -0.25) is 4.90 Å². The van der Waals surface area contributed by atoms with Crippen LogP contribution in [0.5, 0.6) is 0 Å². The van der Waals surface area contributed by atoms with Crippen LogP contribution >= 0.6 is 11.3 Å². The average molecular weight is 280 g/mol. The lowest BCUT2D eigenvalue weighted by molar-refractivity contribution is 0.200. The van der Waals surface area contributed by atoms with Crippen LogP contribution in [-0.4, -0.2) is 36.6 Å². The van der Waals surface area contributed by atoms with E-state index in [2.05, 4.69) is 47.8 Å². The monoisotopic (exact) mass is 280 g/mol. The summed E-state index contributed by atoms with van der Waals surface area (Å²) >= 11 is 1.81. The molecule has 1 aliphatic heterocycles. The SMILES string of the molecule is CC(C)CC1CN(CCc2ccsc2)C(C)CCN1. The lowest BCUT2D eigenvalue weighted by atomic mass is 10.0. The Morgan fingerprint density at radius 1 is 1.47 bits per heavy atom. The first-order valence-corrected chi connectivity index (χ1v) is 8.58. The third kappa shape index (κ3) is 4.90. The molecule has 1 aromatic rings. The third-order valence-corrected chi connectivity index (χ3v) is 4.83. The van der Waals surface area contributed by atoms with Gasteiger partial charge in [-0.2, -0.15) is 11.3 Å². The van der Waals surface area contributed by atoms with Gasteiger partial charge >= 0.3 is 0 Å². The highest BCUT2D eigenvalue weighted by Gasteiger charge is 2.22. The maximum absolute atomic E-state index is 3.73. The van der Waals surface area contributed by atoms with Crippen LogP contribution in [0.15, 0.2) is 16.8 Å². The van der Waals surface area contributed by atoms with Gasteiger partial charge in [-0.25, -0.2) is 0 Å². The Bertz CT molecular complexity index is 348. The van der Waals surface area contributed by atoms with E-state index in [9.17, 15) is 0 Å². The molecule has 2 atom stereocenters. The van der Waals surface area contributed by atoms with E-state index in [1.165, 1.54) is 44.5 Å². The van der Waals surface area contributed by atoms with Crippen molar-refractivity contribution in [3.63, 3.8) is 0 Å². The van der Waals surface area contributed by atoms with Crippen LogP contribution in [0.25, 0.3) is 0 Å². The molecule has 2 heterocycles. The third-order valence-electron chi connectivity index (χ3n) is 4.10. The molecule has 1 aliphatic rings. The van der Waals surface area contributed by atoms with Crippen molar-refractivity contribution in [1.29, 1.82) is 0 Å². The van der Waals surface area contributed by atoms with Gasteiger partial charge in [0, 0.05) is 25.2 Å². The lowest BCUT2D eigenvalue weighted by Crippen LogP contribution is -2.41. The summed E-state index contributed by atoms with van der Waals surface area (Å²) in [6.45, 7) is 10.6. The average Bonchev–Trinajstić information content (AvgIpc) is 2.80. The minimum Gasteiger partial charge on any atom is -0.313 e. The van der Waals surface area contributed by atoms with Gasteiger partial charge < -0.3 is 5.32 Å². The molecule has 0 spiro atoms. The van der Waals surface area contributed by atoms with E-state index in [0.29, 0.717) is 12.1 Å². The van der Waals surface area contributed by atoms with Crippen LogP contribution in [0.1, 0.15) is 39.2 Å². The molecule has 0 saturated carbocycles. The Hall–Kier alpha value is -0.380. The van der Waals surface area contributed by atoms with Crippen LogP contribution in [0.4, 0.5) is 0 Å². The van der Waals surface area contributed by atoms with Crippen molar-refractivity contribution in [2.75, 3.05) is 19.6 Å². The first kappa shape index (κ1) is 15.0. The maximum Gasteiger partial charge on any atom is 0.0197 e. The molecular formula is C16H28N2S.